The molecule has 31 heavy (non-hydrogen) atoms. The van der Waals surface area contributed by atoms with Gasteiger partial charge < -0.3 is 60.8 Å². The lowest BCUT2D eigenvalue weighted by molar-refractivity contribution is -0.297. The molecular weight excluding hydrogens is 438 g/mol. The van der Waals surface area contributed by atoms with Gasteiger partial charge in [0.1, 0.15) is 53.9 Å². The van der Waals surface area contributed by atoms with Gasteiger partial charge in [-0.25, -0.2) is 0 Å². The molecular formula is C18H27NO11S. The lowest BCUT2D eigenvalue weighted by Gasteiger charge is -2.49. The Morgan fingerprint density at radius 1 is 0.839 bits per heavy atom. The highest BCUT2D eigenvalue weighted by Gasteiger charge is 2.59. The fourth-order valence-electron chi connectivity index (χ4n) is 3.34. The van der Waals surface area contributed by atoms with Gasteiger partial charge in [-0.2, -0.15) is 0 Å². The van der Waals surface area contributed by atoms with Gasteiger partial charge in [0.2, 0.25) is 0 Å². The van der Waals surface area contributed by atoms with Gasteiger partial charge in [-0.05, 0) is 36.0 Å². The second-order valence-corrected chi connectivity index (χ2v) is 8.62. The van der Waals surface area contributed by atoms with Crippen LogP contribution >= 0.6 is 11.8 Å². The van der Waals surface area contributed by atoms with Crippen LogP contribution in [0.4, 0.5) is 5.69 Å². The van der Waals surface area contributed by atoms with E-state index in [0.29, 0.717) is 17.4 Å². The smallest absolute Gasteiger partial charge is 0.292 e. The number of benzene rings is 1. The van der Waals surface area contributed by atoms with E-state index in [9.17, 15) is 40.9 Å². The summed E-state index contributed by atoms with van der Waals surface area (Å²) in [5, 5.41) is 78.4. The number of nitrogen functional groups attached to an aromatic ring is 1. The third-order valence-electron chi connectivity index (χ3n) is 5.18. The summed E-state index contributed by atoms with van der Waals surface area (Å²) < 4.78 is 16.9. The zero-order valence-electron chi connectivity index (χ0n) is 16.2. The van der Waals surface area contributed by atoms with Crippen LogP contribution in [0.3, 0.4) is 0 Å². The van der Waals surface area contributed by atoms with Gasteiger partial charge in [0.05, 0.1) is 13.2 Å². The molecule has 10 N–H and O–H groups in total. The summed E-state index contributed by atoms with van der Waals surface area (Å²) in [6, 6.07) is 5.86. The van der Waals surface area contributed by atoms with Gasteiger partial charge in [-0.1, -0.05) is 0 Å². The van der Waals surface area contributed by atoms with Crippen LogP contribution in [0, 0.1) is 0 Å². The average Bonchev–Trinajstić information content (AvgIpc) is 2.76. The first-order valence-corrected chi connectivity index (χ1v) is 10.4. The number of rotatable bonds is 6. The maximum Gasteiger partial charge on any atom is 0.292 e. The summed E-state index contributed by atoms with van der Waals surface area (Å²) in [6.45, 7) is -1.43. The molecule has 2 fully saturated rings. The molecule has 0 radical (unpaired) electrons. The lowest BCUT2D eigenvalue weighted by atomic mass is 9.99. The van der Waals surface area contributed by atoms with E-state index in [2.05, 4.69) is 0 Å². The Labute approximate surface area is 181 Å². The van der Waals surface area contributed by atoms with Gasteiger partial charge in [-0.3, -0.25) is 0 Å². The predicted molar refractivity (Wildman–Crippen MR) is 106 cm³/mol. The largest absolute Gasteiger partial charge is 0.450 e. The minimum atomic E-state index is -2.24. The highest BCUT2D eigenvalue weighted by atomic mass is 32.2. The Hall–Kier alpha value is -1.23. The third-order valence-corrected chi connectivity index (χ3v) is 6.55. The Kier molecular flexibility index (Phi) is 7.66. The second-order valence-electron chi connectivity index (χ2n) is 7.35. The summed E-state index contributed by atoms with van der Waals surface area (Å²) in [4.78, 5) is 0. The fraction of sp³-hybridized carbons (Fsp3) is 0.667. The molecule has 2 aliphatic heterocycles. The zero-order chi connectivity index (χ0) is 22.9. The molecule has 0 aliphatic carbocycles. The van der Waals surface area contributed by atoms with Gasteiger partial charge in [0, 0.05) is 5.69 Å². The molecule has 176 valence electrons. The van der Waals surface area contributed by atoms with E-state index in [4.69, 9.17) is 19.9 Å². The van der Waals surface area contributed by atoms with E-state index < -0.39 is 72.6 Å². The van der Waals surface area contributed by atoms with Crippen molar-refractivity contribution < 1.29 is 55.1 Å². The molecule has 1 aromatic rings. The first kappa shape index (κ1) is 24.4. The zero-order valence-corrected chi connectivity index (χ0v) is 17.0. The van der Waals surface area contributed by atoms with Crippen LogP contribution in [0.15, 0.2) is 24.3 Å². The Morgan fingerprint density at radius 2 is 1.42 bits per heavy atom. The Morgan fingerprint density at radius 3 is 2.00 bits per heavy atom. The summed E-state index contributed by atoms with van der Waals surface area (Å²) in [7, 11) is 0. The van der Waals surface area contributed by atoms with Crippen LogP contribution in [0.5, 0.6) is 5.75 Å². The molecule has 0 unspecified atom stereocenters. The maximum absolute atomic E-state index is 10.8. The molecule has 12 nitrogen and oxygen atoms in total. The van der Waals surface area contributed by atoms with Gasteiger partial charge in [0.15, 0.2) is 6.10 Å². The summed E-state index contributed by atoms with van der Waals surface area (Å²) in [5.41, 5.74) is 4.65. The molecule has 0 saturated carbocycles. The number of ether oxygens (including phenoxy) is 3. The minimum absolute atomic E-state index is 0.116. The van der Waals surface area contributed by atoms with Crippen molar-refractivity contribution in [3.63, 3.8) is 0 Å². The van der Waals surface area contributed by atoms with Gasteiger partial charge in [0.25, 0.3) is 5.12 Å². The number of thioether (sulfide) groups is 1. The number of aliphatic hydroxyl groups is 8. The highest BCUT2D eigenvalue weighted by Crippen LogP contribution is 2.45. The minimum Gasteiger partial charge on any atom is -0.450 e. The molecule has 0 spiro atoms. The van der Waals surface area contributed by atoms with E-state index in [0.717, 1.165) is 0 Å². The van der Waals surface area contributed by atoms with Crippen molar-refractivity contribution in [2.24, 2.45) is 0 Å². The molecule has 10 atom stereocenters. The van der Waals surface area contributed by atoms with Crippen molar-refractivity contribution in [3.05, 3.63) is 24.3 Å². The highest BCUT2D eigenvalue weighted by molar-refractivity contribution is 8.00. The average molecular weight is 465 g/mol. The van der Waals surface area contributed by atoms with Crippen molar-refractivity contribution >= 4 is 17.4 Å². The number of nitrogens with two attached hydrogens (primary N) is 1. The second kappa shape index (κ2) is 9.72. The predicted octanol–water partition coefficient (Wildman–Crippen LogP) is -3.69. The molecule has 0 aromatic heterocycles. The lowest BCUT2D eigenvalue weighted by Crippen LogP contribution is -2.67. The van der Waals surface area contributed by atoms with Crippen molar-refractivity contribution in [2.75, 3.05) is 18.9 Å². The van der Waals surface area contributed by atoms with Crippen LogP contribution in [0.1, 0.15) is 0 Å². The Bertz CT molecular complexity index is 723. The Balaban J connectivity index is 1.96. The first-order valence-electron chi connectivity index (χ1n) is 9.49. The topological polar surface area (TPSA) is 216 Å². The summed E-state index contributed by atoms with van der Waals surface area (Å²) >= 11 is 0.492. The van der Waals surface area contributed by atoms with Crippen LogP contribution in [0.25, 0.3) is 0 Å². The van der Waals surface area contributed by atoms with Crippen LogP contribution in [-0.4, -0.2) is 113 Å². The van der Waals surface area contributed by atoms with Crippen molar-refractivity contribution in [1.82, 2.24) is 0 Å². The molecule has 13 heteroatoms. The monoisotopic (exact) mass is 465 g/mol. The number of aliphatic hydroxyl groups excluding tert-OH is 8. The summed E-state index contributed by atoms with van der Waals surface area (Å²) in [6.07, 6.45) is -13.0. The number of anilines is 1. The molecule has 1 aromatic carbocycles. The quantitative estimate of drug-likeness (QED) is 0.146. The fourth-order valence-corrected chi connectivity index (χ4v) is 4.77. The molecule has 2 heterocycles. The van der Waals surface area contributed by atoms with Crippen molar-refractivity contribution in [1.29, 1.82) is 0 Å². The van der Waals surface area contributed by atoms with E-state index in [1.165, 1.54) is 24.3 Å². The van der Waals surface area contributed by atoms with E-state index >= 15 is 0 Å². The molecule has 3 rings (SSSR count). The van der Waals surface area contributed by atoms with Crippen LogP contribution in [0.2, 0.25) is 0 Å². The number of hydrogen-bond donors (Lipinski definition) is 9. The van der Waals surface area contributed by atoms with E-state index in [-0.39, 0.29) is 5.75 Å². The SMILES string of the molecule is Nc1ccc(O[C@]2(S[C@@H]3O[C@H](CO)[C@@H](O)[C@H](O)[C@H]3O)O[C@H](CO)[C@@H](O)[C@H](O)[C@H]2O)cc1. The van der Waals surface area contributed by atoms with Crippen molar-refractivity contribution in [2.45, 2.75) is 59.4 Å². The van der Waals surface area contributed by atoms with Gasteiger partial charge >= 0.3 is 0 Å². The molecule has 0 bridgehead atoms. The third kappa shape index (κ3) is 4.77. The van der Waals surface area contributed by atoms with E-state index in [1.54, 1.807) is 0 Å². The first-order chi connectivity index (χ1) is 14.6. The molecule has 2 aliphatic rings. The van der Waals surface area contributed by atoms with Crippen molar-refractivity contribution in [3.8, 4) is 5.75 Å². The van der Waals surface area contributed by atoms with Crippen LogP contribution < -0.4 is 10.5 Å². The van der Waals surface area contributed by atoms with Gasteiger partial charge in [-0.15, -0.1) is 0 Å². The van der Waals surface area contributed by atoms with Crippen LogP contribution in [-0.2, 0) is 9.47 Å². The molecule has 2 saturated heterocycles. The summed E-state index contributed by atoms with van der Waals surface area (Å²) in [5.74, 6) is 0.116. The maximum atomic E-state index is 10.8. The standard InChI is InChI=1S/C18H27NO11S/c19-7-1-3-8(4-2-7)29-18(16(27)14(25)12(23)10(6-21)30-18)31-17-15(26)13(24)11(22)9(5-20)28-17/h1-4,9-17,20-27H,5-6,19H2/t9-,10-,11-,12-,13+,14+,15-,16-,17+,18+/m1/s1. The normalized spacial score (nSPS) is 43.5. The molecule has 0 amide bonds. The number of hydrogen-bond acceptors (Lipinski definition) is 13. The van der Waals surface area contributed by atoms with E-state index in [1.807, 2.05) is 0 Å².